The van der Waals surface area contributed by atoms with E-state index < -0.39 is 0 Å². The van der Waals surface area contributed by atoms with Crippen molar-refractivity contribution >= 4 is 23.2 Å². The Bertz CT molecular complexity index is 1230. The van der Waals surface area contributed by atoms with Gasteiger partial charge in [0.15, 0.2) is 0 Å². The first kappa shape index (κ1) is 25.3. The lowest BCUT2D eigenvalue weighted by molar-refractivity contribution is -0.138. The zero-order chi connectivity index (χ0) is 25.9. The fraction of sp³-hybridized carbons (Fsp3) is 0.379. The summed E-state index contributed by atoms with van der Waals surface area (Å²) in [5.74, 6) is 1.19. The molecule has 0 radical (unpaired) electrons. The number of thiophene rings is 1. The molecule has 1 aromatic heterocycles. The number of benzene rings is 2. The first-order valence-electron chi connectivity index (χ1n) is 12.7. The summed E-state index contributed by atoms with van der Waals surface area (Å²) in [6.07, 6.45) is 0.959. The van der Waals surface area contributed by atoms with Crippen molar-refractivity contribution in [2.75, 3.05) is 46.9 Å². The van der Waals surface area contributed by atoms with Crippen molar-refractivity contribution in [2.45, 2.75) is 25.4 Å². The highest BCUT2D eigenvalue weighted by atomic mass is 32.1. The third kappa shape index (κ3) is 5.08. The van der Waals surface area contributed by atoms with Gasteiger partial charge in [-0.3, -0.25) is 14.5 Å². The van der Waals surface area contributed by atoms with Crippen molar-refractivity contribution in [1.29, 1.82) is 0 Å². The van der Waals surface area contributed by atoms with Crippen LogP contribution in [0, 0.1) is 0 Å². The Labute approximate surface area is 222 Å². The first-order chi connectivity index (χ1) is 18.0. The van der Waals surface area contributed by atoms with E-state index in [1.54, 1.807) is 48.7 Å². The average Bonchev–Trinajstić information content (AvgIpc) is 3.44. The van der Waals surface area contributed by atoms with E-state index >= 15 is 0 Å². The van der Waals surface area contributed by atoms with Gasteiger partial charge in [-0.05, 0) is 48.1 Å². The molecule has 1 saturated heterocycles. The molecule has 7 nitrogen and oxygen atoms in total. The molecule has 0 aliphatic carbocycles. The standard InChI is InChI=1S/C29H33N3O4S/c1-20(32-11-9-26-25(10-16-37-26)27(32)21-7-5-4-6-8-21)28(33)30-12-14-31(15-13-30)29(34)22-17-23(35-2)19-24(18-22)36-3/h4-8,10,16-20,27H,9,11-15H2,1-3H3. The van der Waals surface area contributed by atoms with Gasteiger partial charge in [-0.2, -0.15) is 0 Å². The monoisotopic (exact) mass is 519 g/mol. The molecule has 2 unspecified atom stereocenters. The van der Waals surface area contributed by atoms with Crippen LogP contribution in [0.25, 0.3) is 0 Å². The van der Waals surface area contributed by atoms with Crippen molar-refractivity contribution in [3.63, 3.8) is 0 Å². The lowest BCUT2D eigenvalue weighted by atomic mass is 9.92. The Morgan fingerprint density at radius 2 is 1.54 bits per heavy atom. The molecule has 1 fully saturated rings. The van der Waals surface area contributed by atoms with Crippen LogP contribution < -0.4 is 9.47 Å². The van der Waals surface area contributed by atoms with Gasteiger partial charge in [0, 0.05) is 49.2 Å². The SMILES string of the molecule is COc1cc(OC)cc(C(=O)N2CCN(C(=O)C(C)N3CCc4sccc4C3c3ccccc3)CC2)c1. The molecule has 0 saturated carbocycles. The molecule has 5 rings (SSSR count). The molecule has 0 spiro atoms. The number of hydrogen-bond donors (Lipinski definition) is 0. The lowest BCUT2D eigenvalue weighted by Gasteiger charge is -2.42. The summed E-state index contributed by atoms with van der Waals surface area (Å²) >= 11 is 1.80. The van der Waals surface area contributed by atoms with Crippen LogP contribution >= 0.6 is 11.3 Å². The molecular weight excluding hydrogens is 486 g/mol. The van der Waals surface area contributed by atoms with Crippen molar-refractivity contribution in [2.24, 2.45) is 0 Å². The van der Waals surface area contributed by atoms with Crippen LogP contribution in [0.3, 0.4) is 0 Å². The predicted octanol–water partition coefficient (Wildman–Crippen LogP) is 4.09. The largest absolute Gasteiger partial charge is 0.497 e. The summed E-state index contributed by atoms with van der Waals surface area (Å²) in [7, 11) is 3.14. The zero-order valence-electron chi connectivity index (χ0n) is 21.6. The van der Waals surface area contributed by atoms with Crippen molar-refractivity contribution < 1.29 is 19.1 Å². The number of carbonyl (C=O) groups is 2. The van der Waals surface area contributed by atoms with Crippen molar-refractivity contribution in [3.8, 4) is 11.5 Å². The maximum atomic E-state index is 13.7. The Hall–Kier alpha value is -3.36. The van der Waals surface area contributed by atoms with Gasteiger partial charge < -0.3 is 19.3 Å². The van der Waals surface area contributed by atoms with E-state index in [0.717, 1.165) is 13.0 Å². The molecule has 0 bridgehead atoms. The van der Waals surface area contributed by atoms with E-state index in [2.05, 4.69) is 40.6 Å². The fourth-order valence-corrected chi connectivity index (χ4v) is 6.31. The number of rotatable bonds is 6. The summed E-state index contributed by atoms with van der Waals surface area (Å²) < 4.78 is 10.6. The zero-order valence-corrected chi connectivity index (χ0v) is 22.4. The van der Waals surface area contributed by atoms with Crippen LogP contribution in [-0.2, 0) is 11.2 Å². The summed E-state index contributed by atoms with van der Waals surface area (Å²) in [5, 5.41) is 2.16. The van der Waals surface area contributed by atoms with Crippen LogP contribution in [0.15, 0.2) is 60.0 Å². The minimum Gasteiger partial charge on any atom is -0.497 e. The molecule has 2 aromatic carbocycles. The molecule has 0 N–H and O–H groups in total. The topological polar surface area (TPSA) is 62.3 Å². The summed E-state index contributed by atoms with van der Waals surface area (Å²) in [4.78, 5) is 34.3. The van der Waals surface area contributed by atoms with E-state index in [0.29, 0.717) is 43.2 Å². The van der Waals surface area contributed by atoms with Gasteiger partial charge in [-0.25, -0.2) is 0 Å². The van der Waals surface area contributed by atoms with Crippen molar-refractivity contribution in [3.05, 3.63) is 81.5 Å². The van der Waals surface area contributed by atoms with Gasteiger partial charge in [0.05, 0.1) is 26.3 Å². The minimum absolute atomic E-state index is 0.0704. The predicted molar refractivity (Wildman–Crippen MR) is 145 cm³/mol. The quantitative estimate of drug-likeness (QED) is 0.491. The number of nitrogens with zero attached hydrogens (tertiary/aromatic N) is 3. The van der Waals surface area contributed by atoms with Gasteiger partial charge in [0.25, 0.3) is 5.91 Å². The van der Waals surface area contributed by atoms with Crippen LogP contribution in [-0.4, -0.2) is 79.5 Å². The number of carbonyl (C=O) groups excluding carboxylic acids is 2. The Morgan fingerprint density at radius 3 is 2.19 bits per heavy atom. The highest BCUT2D eigenvalue weighted by Crippen LogP contribution is 2.39. The molecule has 2 atom stereocenters. The highest BCUT2D eigenvalue weighted by Gasteiger charge is 2.37. The second-order valence-electron chi connectivity index (χ2n) is 9.49. The number of ether oxygens (including phenoxy) is 2. The van der Waals surface area contributed by atoms with Gasteiger partial charge in [0.1, 0.15) is 11.5 Å². The third-order valence-electron chi connectivity index (χ3n) is 7.45. The highest BCUT2D eigenvalue weighted by molar-refractivity contribution is 7.10. The number of hydrogen-bond acceptors (Lipinski definition) is 6. The summed E-state index contributed by atoms with van der Waals surface area (Å²) in [6.45, 7) is 4.89. The van der Waals surface area contributed by atoms with Crippen molar-refractivity contribution in [1.82, 2.24) is 14.7 Å². The van der Waals surface area contributed by atoms with E-state index in [-0.39, 0.29) is 23.9 Å². The molecule has 194 valence electrons. The van der Waals surface area contributed by atoms with Gasteiger partial charge in [-0.15, -0.1) is 11.3 Å². The van der Waals surface area contributed by atoms with E-state index in [1.807, 2.05) is 17.9 Å². The molecule has 37 heavy (non-hydrogen) atoms. The second-order valence-corrected chi connectivity index (χ2v) is 10.5. The molecule has 8 heteroatoms. The normalized spacial score (nSPS) is 18.7. The van der Waals surface area contributed by atoms with E-state index in [1.165, 1.54) is 16.0 Å². The number of methoxy groups -OCH3 is 2. The molecule has 3 aromatic rings. The second kappa shape index (κ2) is 10.9. The van der Waals surface area contributed by atoms with E-state index in [9.17, 15) is 9.59 Å². The molecule has 2 aliphatic heterocycles. The van der Waals surface area contributed by atoms with Gasteiger partial charge in [-0.1, -0.05) is 30.3 Å². The maximum absolute atomic E-state index is 13.7. The van der Waals surface area contributed by atoms with Crippen LogP contribution in [0.1, 0.15) is 39.3 Å². The Kier molecular flexibility index (Phi) is 7.48. The number of fused-ring (bicyclic) bond motifs is 1. The van der Waals surface area contributed by atoms with Crippen LogP contribution in [0.4, 0.5) is 0 Å². The Balaban J connectivity index is 1.27. The summed E-state index contributed by atoms with van der Waals surface area (Å²) in [5.41, 5.74) is 3.05. The smallest absolute Gasteiger partial charge is 0.254 e. The first-order valence-corrected chi connectivity index (χ1v) is 13.6. The molecule has 2 aliphatic rings. The molecule has 2 amide bonds. The number of amides is 2. The number of piperazine rings is 1. The Morgan fingerprint density at radius 1 is 0.892 bits per heavy atom. The fourth-order valence-electron chi connectivity index (χ4n) is 5.41. The molecule has 3 heterocycles. The lowest BCUT2D eigenvalue weighted by Crippen LogP contribution is -2.56. The minimum atomic E-state index is -0.261. The van der Waals surface area contributed by atoms with E-state index in [4.69, 9.17) is 9.47 Å². The van der Waals surface area contributed by atoms with Gasteiger partial charge in [0.2, 0.25) is 5.91 Å². The van der Waals surface area contributed by atoms with Crippen LogP contribution in [0.5, 0.6) is 11.5 Å². The maximum Gasteiger partial charge on any atom is 0.254 e. The average molecular weight is 520 g/mol. The molecular formula is C29H33N3O4S. The van der Waals surface area contributed by atoms with Crippen LogP contribution in [0.2, 0.25) is 0 Å². The van der Waals surface area contributed by atoms with Gasteiger partial charge >= 0.3 is 0 Å². The third-order valence-corrected chi connectivity index (χ3v) is 8.45. The summed E-state index contributed by atoms with van der Waals surface area (Å²) in [6, 6.07) is 17.7.